The molecule has 0 spiro atoms. The van der Waals surface area contributed by atoms with Crippen molar-refractivity contribution in [3.05, 3.63) is 10.6 Å². The van der Waals surface area contributed by atoms with Gasteiger partial charge in [0.05, 0.1) is 5.75 Å². The zero-order valence-electron chi connectivity index (χ0n) is 7.48. The van der Waals surface area contributed by atoms with Crippen molar-refractivity contribution in [1.29, 1.82) is 5.26 Å². The van der Waals surface area contributed by atoms with E-state index in [2.05, 4.69) is 0 Å². The van der Waals surface area contributed by atoms with E-state index in [9.17, 15) is 9.59 Å². The number of carbonyl (C=O) groups excluding carboxylic acids is 1. The standard InChI is InChI=1S/C8H8N2O3S/c1-2-10-6(11)4-14-7(10)5(3-9)8(12)13/h2,4H2,1H3,(H,12,13)/b7-5-. The van der Waals surface area contributed by atoms with Crippen LogP contribution in [0, 0.1) is 11.3 Å². The van der Waals surface area contributed by atoms with Gasteiger partial charge in [0.15, 0.2) is 5.57 Å². The third kappa shape index (κ3) is 1.72. The summed E-state index contributed by atoms with van der Waals surface area (Å²) < 4.78 is 0. The van der Waals surface area contributed by atoms with Gasteiger partial charge in [0, 0.05) is 6.54 Å². The van der Waals surface area contributed by atoms with Crippen molar-refractivity contribution < 1.29 is 14.7 Å². The molecule has 1 saturated heterocycles. The van der Waals surface area contributed by atoms with Gasteiger partial charge >= 0.3 is 5.97 Å². The number of carboxylic acid groups (broad SMARTS) is 1. The summed E-state index contributed by atoms with van der Waals surface area (Å²) in [6, 6.07) is 1.59. The summed E-state index contributed by atoms with van der Waals surface area (Å²) >= 11 is 1.10. The van der Waals surface area contributed by atoms with E-state index in [4.69, 9.17) is 10.4 Å². The van der Waals surface area contributed by atoms with E-state index in [1.54, 1.807) is 13.0 Å². The first-order valence-corrected chi connectivity index (χ1v) is 4.91. The molecule has 14 heavy (non-hydrogen) atoms. The minimum absolute atomic E-state index is 0.151. The fraction of sp³-hybridized carbons (Fsp3) is 0.375. The van der Waals surface area contributed by atoms with Gasteiger partial charge in [0.25, 0.3) is 0 Å². The van der Waals surface area contributed by atoms with Crippen molar-refractivity contribution >= 4 is 23.6 Å². The zero-order chi connectivity index (χ0) is 10.7. The Kier molecular flexibility index (Phi) is 3.14. The highest BCUT2D eigenvalue weighted by Gasteiger charge is 2.30. The van der Waals surface area contributed by atoms with Crippen LogP contribution in [0.25, 0.3) is 0 Å². The van der Waals surface area contributed by atoms with E-state index < -0.39 is 5.97 Å². The normalized spacial score (nSPS) is 19.4. The molecule has 0 saturated carbocycles. The fourth-order valence-corrected chi connectivity index (χ4v) is 2.19. The molecule has 0 aromatic heterocycles. The maximum absolute atomic E-state index is 11.2. The van der Waals surface area contributed by atoms with Gasteiger partial charge in [-0.1, -0.05) is 11.8 Å². The molecule has 0 bridgehead atoms. The van der Waals surface area contributed by atoms with E-state index >= 15 is 0 Å². The van der Waals surface area contributed by atoms with Crippen LogP contribution in [0.5, 0.6) is 0 Å². The van der Waals surface area contributed by atoms with Crippen LogP contribution in [-0.2, 0) is 9.59 Å². The number of hydrogen-bond acceptors (Lipinski definition) is 4. The first-order valence-electron chi connectivity index (χ1n) is 3.92. The molecule has 6 heteroatoms. The minimum Gasteiger partial charge on any atom is -0.477 e. The van der Waals surface area contributed by atoms with Gasteiger partial charge in [-0.3, -0.25) is 4.79 Å². The lowest BCUT2D eigenvalue weighted by Crippen LogP contribution is -2.25. The Balaban J connectivity index is 3.14. The molecule has 1 heterocycles. The molecule has 0 unspecified atom stereocenters. The second-order valence-corrected chi connectivity index (χ2v) is 3.49. The SMILES string of the molecule is CCN1C(=O)CS/C1=C(/C#N)C(=O)O. The first kappa shape index (κ1) is 10.6. The van der Waals surface area contributed by atoms with Crippen molar-refractivity contribution in [3.8, 4) is 6.07 Å². The van der Waals surface area contributed by atoms with Gasteiger partial charge in [-0.25, -0.2) is 4.79 Å². The monoisotopic (exact) mass is 212 g/mol. The van der Waals surface area contributed by atoms with E-state index in [0.29, 0.717) is 6.54 Å². The molecule has 1 amide bonds. The topological polar surface area (TPSA) is 81.4 Å². The Morgan fingerprint density at radius 1 is 1.79 bits per heavy atom. The van der Waals surface area contributed by atoms with Crippen molar-refractivity contribution in [2.75, 3.05) is 12.3 Å². The van der Waals surface area contributed by atoms with E-state index in [1.807, 2.05) is 0 Å². The molecule has 0 aromatic carbocycles. The molecule has 74 valence electrons. The zero-order valence-corrected chi connectivity index (χ0v) is 8.30. The molecule has 1 N–H and O–H groups in total. The minimum atomic E-state index is -1.29. The molecule has 1 aliphatic rings. The highest BCUT2D eigenvalue weighted by Crippen LogP contribution is 2.31. The Bertz CT molecular complexity index is 356. The Morgan fingerprint density at radius 2 is 2.43 bits per heavy atom. The highest BCUT2D eigenvalue weighted by atomic mass is 32.2. The number of thioether (sulfide) groups is 1. The molecular formula is C8H8N2O3S. The largest absolute Gasteiger partial charge is 0.477 e. The average molecular weight is 212 g/mol. The molecule has 0 aromatic rings. The third-order valence-corrected chi connectivity index (χ3v) is 2.82. The van der Waals surface area contributed by atoms with Crippen LogP contribution in [0.15, 0.2) is 10.6 Å². The predicted octanol–water partition coefficient (Wildman–Crippen LogP) is 0.401. The Morgan fingerprint density at radius 3 is 2.86 bits per heavy atom. The molecule has 0 radical (unpaired) electrons. The van der Waals surface area contributed by atoms with Crippen molar-refractivity contribution in [2.24, 2.45) is 0 Å². The van der Waals surface area contributed by atoms with E-state index in [1.165, 1.54) is 4.90 Å². The van der Waals surface area contributed by atoms with E-state index in [0.717, 1.165) is 11.8 Å². The molecule has 1 rings (SSSR count). The van der Waals surface area contributed by atoms with Crippen molar-refractivity contribution in [1.82, 2.24) is 4.90 Å². The van der Waals surface area contributed by atoms with Crippen LogP contribution in [-0.4, -0.2) is 34.2 Å². The summed E-state index contributed by atoms with van der Waals surface area (Å²) in [6.45, 7) is 2.13. The summed E-state index contributed by atoms with van der Waals surface area (Å²) in [7, 11) is 0. The second-order valence-electron chi connectivity index (χ2n) is 2.52. The van der Waals surface area contributed by atoms with Crippen LogP contribution < -0.4 is 0 Å². The maximum atomic E-state index is 11.2. The number of nitriles is 1. The van der Waals surface area contributed by atoms with Gasteiger partial charge in [-0.2, -0.15) is 5.26 Å². The highest BCUT2D eigenvalue weighted by molar-refractivity contribution is 8.04. The quantitative estimate of drug-likeness (QED) is 0.529. The van der Waals surface area contributed by atoms with Gasteiger partial charge in [-0.05, 0) is 6.92 Å². The van der Waals surface area contributed by atoms with E-state index in [-0.39, 0.29) is 22.3 Å². The van der Waals surface area contributed by atoms with Crippen LogP contribution >= 0.6 is 11.8 Å². The Labute approximate surface area is 85.0 Å². The Hall–Kier alpha value is -1.48. The number of hydrogen-bond donors (Lipinski definition) is 1. The summed E-state index contributed by atoms with van der Waals surface area (Å²) in [4.78, 5) is 23.2. The number of carboxylic acids is 1. The molecule has 0 aliphatic carbocycles. The summed E-state index contributed by atoms with van der Waals surface area (Å²) in [5.41, 5.74) is -0.359. The molecule has 5 nitrogen and oxygen atoms in total. The lowest BCUT2D eigenvalue weighted by molar-refractivity contribution is -0.132. The lowest BCUT2D eigenvalue weighted by atomic mass is 10.3. The maximum Gasteiger partial charge on any atom is 0.349 e. The third-order valence-electron chi connectivity index (χ3n) is 1.73. The number of amides is 1. The lowest BCUT2D eigenvalue weighted by Gasteiger charge is -2.13. The second kappa shape index (κ2) is 4.15. The number of carbonyl (C=O) groups is 2. The van der Waals surface area contributed by atoms with Crippen LogP contribution in [0.3, 0.4) is 0 Å². The molecule has 0 atom stereocenters. The van der Waals surface area contributed by atoms with Gasteiger partial charge < -0.3 is 10.0 Å². The van der Waals surface area contributed by atoms with Gasteiger partial charge in [-0.15, -0.1) is 0 Å². The molecule has 1 aliphatic heterocycles. The molecule has 1 fully saturated rings. The molecular weight excluding hydrogens is 204 g/mol. The number of rotatable bonds is 2. The average Bonchev–Trinajstić information content (AvgIpc) is 2.48. The first-order chi connectivity index (χ1) is 6.61. The predicted molar refractivity (Wildman–Crippen MR) is 50.1 cm³/mol. The van der Waals surface area contributed by atoms with Crippen molar-refractivity contribution in [3.63, 3.8) is 0 Å². The van der Waals surface area contributed by atoms with Crippen LogP contribution in [0.2, 0.25) is 0 Å². The van der Waals surface area contributed by atoms with Crippen LogP contribution in [0.1, 0.15) is 6.92 Å². The summed E-state index contributed by atoms with van der Waals surface area (Å²) in [6.07, 6.45) is 0. The van der Waals surface area contributed by atoms with Gasteiger partial charge in [0.2, 0.25) is 5.91 Å². The smallest absolute Gasteiger partial charge is 0.349 e. The van der Waals surface area contributed by atoms with Gasteiger partial charge in [0.1, 0.15) is 11.1 Å². The number of nitrogens with zero attached hydrogens (tertiary/aromatic N) is 2. The fourth-order valence-electron chi connectivity index (χ4n) is 1.11. The summed E-state index contributed by atoms with van der Waals surface area (Å²) in [5, 5.41) is 17.6. The summed E-state index contributed by atoms with van der Waals surface area (Å²) in [5.74, 6) is -1.23. The van der Waals surface area contributed by atoms with Crippen LogP contribution in [0.4, 0.5) is 0 Å². The van der Waals surface area contributed by atoms with Crippen molar-refractivity contribution in [2.45, 2.75) is 6.92 Å². The number of aliphatic carboxylic acids is 1.